The van der Waals surface area contributed by atoms with Crippen LogP contribution in [0.1, 0.15) is 24.1 Å². The van der Waals surface area contributed by atoms with Gasteiger partial charge in [-0.1, -0.05) is 48.5 Å². The van der Waals surface area contributed by atoms with E-state index in [9.17, 15) is 0 Å². The highest BCUT2D eigenvalue weighted by molar-refractivity contribution is 8.15. The minimum Gasteiger partial charge on any atom is -0.449 e. The van der Waals surface area contributed by atoms with Gasteiger partial charge in [0.1, 0.15) is 5.75 Å². The Morgan fingerprint density at radius 2 is 1.50 bits per heavy atom. The van der Waals surface area contributed by atoms with Crippen LogP contribution in [0, 0.1) is 11.3 Å². The van der Waals surface area contributed by atoms with E-state index in [1.807, 2.05) is 48.5 Å². The van der Waals surface area contributed by atoms with Gasteiger partial charge in [-0.25, -0.2) is 5.09 Å². The predicted octanol–water partition coefficient (Wildman–Crippen LogP) is 4.92. The van der Waals surface area contributed by atoms with Crippen molar-refractivity contribution in [2.24, 2.45) is 0 Å². The van der Waals surface area contributed by atoms with E-state index in [0.717, 1.165) is 10.9 Å². The summed E-state index contributed by atoms with van der Waals surface area (Å²) in [5, 5.41) is 13.5. The van der Waals surface area contributed by atoms with Gasteiger partial charge in [-0.05, 0) is 60.7 Å². The summed E-state index contributed by atoms with van der Waals surface area (Å²) in [7, 11) is 0. The monoisotopic (exact) mass is 378 g/mol. The molecule has 0 heterocycles. The molecule has 0 fully saturated rings. The standard InChI is InChI=1S/C21H19N2OPS/c1-17(19-8-4-2-5-9-19)23-25(26,21-10-6-3-7-11-21)24-20-14-12-18(16-22)13-15-20/h2-15,17H,1H3,(H,23,26)/t17-,25+/m0/s1. The number of nitriles is 1. The third-order valence-corrected chi connectivity index (χ3v) is 7.32. The first-order valence-corrected chi connectivity index (χ1v) is 11.0. The second kappa shape index (κ2) is 8.29. The van der Waals surface area contributed by atoms with Crippen LogP contribution in [0.15, 0.2) is 84.9 Å². The fraction of sp³-hybridized carbons (Fsp3) is 0.0952. The fourth-order valence-electron chi connectivity index (χ4n) is 2.59. The van der Waals surface area contributed by atoms with Gasteiger partial charge in [0, 0.05) is 11.3 Å². The van der Waals surface area contributed by atoms with Gasteiger partial charge in [0.25, 0.3) is 0 Å². The Bertz CT molecular complexity index is 937. The minimum absolute atomic E-state index is 0.0422. The largest absolute Gasteiger partial charge is 0.449 e. The van der Waals surface area contributed by atoms with Gasteiger partial charge in [-0.15, -0.1) is 0 Å². The Morgan fingerprint density at radius 3 is 2.08 bits per heavy atom. The molecule has 130 valence electrons. The van der Waals surface area contributed by atoms with Crippen molar-refractivity contribution in [1.29, 1.82) is 5.26 Å². The maximum absolute atomic E-state index is 8.97. The smallest absolute Gasteiger partial charge is 0.208 e. The highest BCUT2D eigenvalue weighted by Gasteiger charge is 2.25. The molecule has 0 saturated heterocycles. The Morgan fingerprint density at radius 1 is 0.923 bits per heavy atom. The number of hydrogen-bond acceptors (Lipinski definition) is 3. The third-order valence-electron chi connectivity index (χ3n) is 3.98. The summed E-state index contributed by atoms with van der Waals surface area (Å²) in [6, 6.07) is 29.3. The zero-order valence-corrected chi connectivity index (χ0v) is 16.1. The Labute approximate surface area is 159 Å². The average molecular weight is 378 g/mol. The van der Waals surface area contributed by atoms with E-state index in [-0.39, 0.29) is 6.04 Å². The lowest BCUT2D eigenvalue weighted by Gasteiger charge is -2.28. The van der Waals surface area contributed by atoms with Gasteiger partial charge >= 0.3 is 0 Å². The summed E-state index contributed by atoms with van der Waals surface area (Å²) < 4.78 is 6.29. The van der Waals surface area contributed by atoms with E-state index >= 15 is 0 Å². The molecule has 0 aliphatic rings. The predicted molar refractivity (Wildman–Crippen MR) is 110 cm³/mol. The topological polar surface area (TPSA) is 45.0 Å². The molecule has 3 rings (SSSR count). The number of nitrogens with one attached hydrogen (secondary N) is 1. The van der Waals surface area contributed by atoms with E-state index in [1.165, 1.54) is 0 Å². The SMILES string of the molecule is C[C@H](N[P@@](=S)(Oc1ccc(C#N)cc1)c1ccccc1)c1ccccc1. The van der Waals surface area contributed by atoms with Gasteiger partial charge in [0.2, 0.25) is 6.42 Å². The zero-order valence-electron chi connectivity index (χ0n) is 14.4. The summed E-state index contributed by atoms with van der Waals surface area (Å²) in [5.74, 6) is 0.656. The molecule has 0 unspecified atom stereocenters. The quantitative estimate of drug-likeness (QED) is 0.618. The second-order valence-corrected chi connectivity index (χ2v) is 9.48. The number of rotatable bonds is 6. The summed E-state index contributed by atoms with van der Waals surface area (Å²) >= 11 is 6.00. The normalized spacial score (nSPS) is 14.0. The van der Waals surface area contributed by atoms with Crippen LogP contribution in [0.4, 0.5) is 0 Å². The van der Waals surface area contributed by atoms with Crippen molar-refractivity contribution >= 4 is 23.5 Å². The first-order chi connectivity index (χ1) is 12.6. The second-order valence-electron chi connectivity index (χ2n) is 5.88. The van der Waals surface area contributed by atoms with Gasteiger partial charge in [-0.2, -0.15) is 5.26 Å². The lowest BCUT2D eigenvalue weighted by molar-refractivity contribution is 0.587. The fourth-order valence-corrected chi connectivity index (χ4v) is 5.63. The van der Waals surface area contributed by atoms with Crippen molar-refractivity contribution in [3.63, 3.8) is 0 Å². The molecule has 0 spiro atoms. The third kappa shape index (κ3) is 4.39. The Hall–Kier alpha value is -2.44. The molecule has 3 nitrogen and oxygen atoms in total. The number of hydrogen-bond donors (Lipinski definition) is 1. The van der Waals surface area contributed by atoms with Crippen molar-refractivity contribution in [2.75, 3.05) is 0 Å². The van der Waals surface area contributed by atoms with Crippen LogP contribution in [0.3, 0.4) is 0 Å². The van der Waals surface area contributed by atoms with Crippen LogP contribution >= 0.6 is 6.42 Å². The van der Waals surface area contributed by atoms with Crippen molar-refractivity contribution in [3.05, 3.63) is 96.1 Å². The molecule has 3 aromatic carbocycles. The first-order valence-electron chi connectivity index (χ1n) is 8.29. The van der Waals surface area contributed by atoms with E-state index in [1.54, 1.807) is 24.3 Å². The molecule has 3 aromatic rings. The van der Waals surface area contributed by atoms with Crippen LogP contribution in [0.2, 0.25) is 0 Å². The van der Waals surface area contributed by atoms with Crippen molar-refractivity contribution < 1.29 is 4.52 Å². The lowest BCUT2D eigenvalue weighted by Crippen LogP contribution is -2.25. The molecule has 0 bridgehead atoms. The Balaban J connectivity index is 1.92. The molecule has 0 aromatic heterocycles. The van der Waals surface area contributed by atoms with Crippen LogP contribution < -0.4 is 14.9 Å². The van der Waals surface area contributed by atoms with Crippen LogP contribution in [0.5, 0.6) is 5.75 Å². The highest BCUT2D eigenvalue weighted by atomic mass is 32.4. The highest BCUT2D eigenvalue weighted by Crippen LogP contribution is 2.44. The van der Waals surface area contributed by atoms with Crippen LogP contribution in [-0.4, -0.2) is 0 Å². The van der Waals surface area contributed by atoms with Gasteiger partial charge in [0.05, 0.1) is 11.6 Å². The molecule has 0 aliphatic heterocycles. The van der Waals surface area contributed by atoms with E-state index in [0.29, 0.717) is 11.3 Å². The average Bonchev–Trinajstić information content (AvgIpc) is 2.70. The zero-order chi connectivity index (χ0) is 18.4. The molecule has 26 heavy (non-hydrogen) atoms. The molecular weight excluding hydrogens is 359 g/mol. The molecule has 0 aliphatic carbocycles. The molecule has 0 radical (unpaired) electrons. The summed E-state index contributed by atoms with van der Waals surface area (Å²) in [5.41, 5.74) is 1.75. The van der Waals surface area contributed by atoms with Crippen LogP contribution in [0.25, 0.3) is 0 Å². The molecule has 0 amide bonds. The maximum Gasteiger partial charge on any atom is 0.208 e. The van der Waals surface area contributed by atoms with Gasteiger partial charge < -0.3 is 4.52 Å². The maximum atomic E-state index is 8.97. The number of nitrogens with zero attached hydrogens (tertiary/aromatic N) is 1. The van der Waals surface area contributed by atoms with Crippen molar-refractivity contribution in [2.45, 2.75) is 13.0 Å². The van der Waals surface area contributed by atoms with E-state index < -0.39 is 6.42 Å². The summed E-state index contributed by atoms with van der Waals surface area (Å²) in [6.07, 6.45) is -2.54. The van der Waals surface area contributed by atoms with Crippen molar-refractivity contribution in [3.8, 4) is 11.8 Å². The molecule has 5 heteroatoms. The van der Waals surface area contributed by atoms with Gasteiger partial charge in [0.15, 0.2) is 0 Å². The lowest BCUT2D eigenvalue weighted by atomic mass is 10.1. The first kappa shape index (κ1) is 18.4. The molecular formula is C21H19N2OPS. The van der Waals surface area contributed by atoms with E-state index in [4.69, 9.17) is 21.6 Å². The number of benzene rings is 3. The van der Waals surface area contributed by atoms with Crippen molar-refractivity contribution in [1.82, 2.24) is 5.09 Å². The molecule has 2 atom stereocenters. The molecule has 0 saturated carbocycles. The molecule has 1 N–H and O–H groups in total. The Kier molecular flexibility index (Phi) is 5.85. The summed E-state index contributed by atoms with van der Waals surface area (Å²) in [4.78, 5) is 0. The van der Waals surface area contributed by atoms with Crippen LogP contribution in [-0.2, 0) is 11.8 Å². The van der Waals surface area contributed by atoms with Gasteiger partial charge in [-0.3, -0.25) is 0 Å². The summed E-state index contributed by atoms with van der Waals surface area (Å²) in [6.45, 7) is 2.08. The minimum atomic E-state index is -2.54. The van der Waals surface area contributed by atoms with E-state index in [2.05, 4.69) is 30.2 Å².